The third kappa shape index (κ3) is 7.99. The van der Waals surface area contributed by atoms with Gasteiger partial charge < -0.3 is 33.2 Å². The molecule has 2 aromatic carbocycles. The second-order valence-corrected chi connectivity index (χ2v) is 9.98. The number of methoxy groups -OCH3 is 1. The Labute approximate surface area is 249 Å². The number of ether oxygens (including phenoxy) is 7. The third-order valence-corrected chi connectivity index (χ3v) is 6.79. The van der Waals surface area contributed by atoms with Crippen LogP contribution in [0.4, 0.5) is 0 Å². The molecule has 11 nitrogen and oxygen atoms in total. The summed E-state index contributed by atoms with van der Waals surface area (Å²) in [6.07, 6.45) is -4.97. The number of hydrogen-bond donors (Lipinski definition) is 0. The van der Waals surface area contributed by atoms with Crippen molar-refractivity contribution in [3.05, 3.63) is 64.2 Å². The van der Waals surface area contributed by atoms with Crippen molar-refractivity contribution in [3.63, 3.8) is 0 Å². The molecular weight excluding hydrogens is 572 g/mol. The number of hydrogen-bond acceptors (Lipinski definition) is 11. The maximum absolute atomic E-state index is 12.4. The molecule has 228 valence electrons. The van der Waals surface area contributed by atoms with E-state index in [0.717, 1.165) is 32.1 Å². The van der Waals surface area contributed by atoms with Crippen LogP contribution in [-0.2, 0) is 59.8 Å². The first-order valence-corrected chi connectivity index (χ1v) is 13.7. The van der Waals surface area contributed by atoms with Crippen molar-refractivity contribution in [2.75, 3.05) is 20.3 Å². The van der Waals surface area contributed by atoms with Crippen LogP contribution in [-0.4, -0.2) is 68.6 Å². The van der Waals surface area contributed by atoms with Crippen LogP contribution in [0.2, 0.25) is 5.02 Å². The highest BCUT2D eigenvalue weighted by molar-refractivity contribution is 6.31. The maximum Gasteiger partial charge on any atom is 0.303 e. The van der Waals surface area contributed by atoms with Crippen LogP contribution in [0.15, 0.2) is 42.5 Å². The first kappa shape index (κ1) is 32.8. The molecule has 0 spiro atoms. The van der Waals surface area contributed by atoms with E-state index in [1.165, 1.54) is 14.0 Å². The average molecular weight is 607 g/mol. The van der Waals surface area contributed by atoms with Crippen molar-refractivity contribution in [2.45, 2.75) is 71.2 Å². The van der Waals surface area contributed by atoms with Crippen molar-refractivity contribution in [3.8, 4) is 5.75 Å². The highest BCUT2D eigenvalue weighted by Gasteiger charge is 2.61. The summed E-state index contributed by atoms with van der Waals surface area (Å²) in [6, 6.07) is 12.5. The largest absolute Gasteiger partial charge is 0.494 e. The molecule has 1 fully saturated rings. The second-order valence-electron chi connectivity index (χ2n) is 9.57. The quantitative estimate of drug-likeness (QED) is 0.272. The molecule has 0 aliphatic carbocycles. The Kier molecular flexibility index (Phi) is 11.3. The Morgan fingerprint density at radius 2 is 1.48 bits per heavy atom. The van der Waals surface area contributed by atoms with Gasteiger partial charge in [0.25, 0.3) is 0 Å². The van der Waals surface area contributed by atoms with Gasteiger partial charge in [-0.3, -0.25) is 19.2 Å². The van der Waals surface area contributed by atoms with Crippen LogP contribution in [0.5, 0.6) is 5.75 Å². The summed E-state index contributed by atoms with van der Waals surface area (Å²) < 4.78 is 39.8. The van der Waals surface area contributed by atoms with Crippen LogP contribution in [0.1, 0.15) is 51.3 Å². The lowest BCUT2D eigenvalue weighted by atomic mass is 9.86. The number of rotatable bonds is 11. The molecular formula is C30H35ClO11. The van der Waals surface area contributed by atoms with Crippen molar-refractivity contribution < 1.29 is 52.3 Å². The molecule has 42 heavy (non-hydrogen) atoms. The summed E-state index contributed by atoms with van der Waals surface area (Å²) >= 11 is 6.59. The predicted molar refractivity (Wildman–Crippen MR) is 149 cm³/mol. The zero-order chi connectivity index (χ0) is 31.0. The van der Waals surface area contributed by atoms with Gasteiger partial charge >= 0.3 is 23.9 Å². The third-order valence-electron chi connectivity index (χ3n) is 6.42. The van der Waals surface area contributed by atoms with Crippen LogP contribution in [0.25, 0.3) is 0 Å². The topological polar surface area (TPSA) is 133 Å². The van der Waals surface area contributed by atoms with Gasteiger partial charge in [-0.1, -0.05) is 29.8 Å². The van der Waals surface area contributed by atoms with Gasteiger partial charge in [-0.2, -0.15) is 0 Å². The fourth-order valence-electron chi connectivity index (χ4n) is 4.80. The van der Waals surface area contributed by atoms with E-state index in [-0.39, 0.29) is 0 Å². The van der Waals surface area contributed by atoms with Crippen LogP contribution in [0, 0.1) is 0 Å². The molecule has 1 heterocycles. The second kappa shape index (κ2) is 14.5. The lowest BCUT2D eigenvalue weighted by Crippen LogP contribution is -2.67. The molecule has 0 N–H and O–H groups in total. The van der Waals surface area contributed by atoms with Gasteiger partial charge in [0, 0.05) is 45.4 Å². The zero-order valence-corrected chi connectivity index (χ0v) is 25.1. The monoisotopic (exact) mass is 606 g/mol. The molecule has 5 atom stereocenters. The van der Waals surface area contributed by atoms with Crippen molar-refractivity contribution in [2.24, 2.45) is 0 Å². The molecule has 0 amide bonds. The molecule has 1 aliphatic rings. The summed E-state index contributed by atoms with van der Waals surface area (Å²) in [5, 5.41) is 0.449. The lowest BCUT2D eigenvalue weighted by Gasteiger charge is -2.50. The Bertz CT molecular complexity index is 1280. The summed E-state index contributed by atoms with van der Waals surface area (Å²) in [7, 11) is 1.32. The van der Waals surface area contributed by atoms with E-state index >= 15 is 0 Å². The number of carbonyl (C=O) groups is 4. The maximum atomic E-state index is 12.4. The van der Waals surface area contributed by atoms with Crippen molar-refractivity contribution in [1.82, 2.24) is 0 Å². The van der Waals surface area contributed by atoms with Gasteiger partial charge in [0.2, 0.25) is 11.9 Å². The van der Waals surface area contributed by atoms with E-state index in [2.05, 4.69) is 0 Å². The normalized spacial score (nSPS) is 23.4. The van der Waals surface area contributed by atoms with Crippen LogP contribution in [0.3, 0.4) is 0 Å². The Morgan fingerprint density at radius 1 is 0.857 bits per heavy atom. The predicted octanol–water partition coefficient (Wildman–Crippen LogP) is 3.89. The molecule has 1 aliphatic heterocycles. The number of esters is 4. The van der Waals surface area contributed by atoms with E-state index in [4.69, 9.17) is 44.8 Å². The number of halogens is 1. The molecule has 2 aromatic rings. The molecule has 0 radical (unpaired) electrons. The molecule has 1 saturated heterocycles. The lowest BCUT2D eigenvalue weighted by molar-refractivity contribution is -0.367. The van der Waals surface area contributed by atoms with Gasteiger partial charge in [0.1, 0.15) is 18.5 Å². The zero-order valence-electron chi connectivity index (χ0n) is 24.3. The summed E-state index contributed by atoms with van der Waals surface area (Å²) in [6.45, 7) is 6.72. The Balaban J connectivity index is 2.15. The minimum Gasteiger partial charge on any atom is -0.494 e. The van der Waals surface area contributed by atoms with Gasteiger partial charge in [0.05, 0.1) is 6.61 Å². The van der Waals surface area contributed by atoms with Gasteiger partial charge in [-0.25, -0.2) is 0 Å². The summed E-state index contributed by atoms with van der Waals surface area (Å²) in [5.74, 6) is -4.03. The summed E-state index contributed by atoms with van der Waals surface area (Å²) in [4.78, 5) is 48.4. The fraction of sp³-hybridized carbons (Fsp3) is 0.467. The molecule has 0 aromatic heterocycles. The van der Waals surface area contributed by atoms with Gasteiger partial charge in [-0.15, -0.1) is 0 Å². The minimum absolute atomic E-state index is 0.354. The average Bonchev–Trinajstić information content (AvgIpc) is 2.92. The SMILES string of the molecule is CCOc1ccc(Cc2cc(C3(OC)OC(COC(C)=O)C(OC(C)=O)C(OC(C)=O)C3OC(C)=O)ccc2Cl)cc1. The van der Waals surface area contributed by atoms with Crippen LogP contribution >= 0.6 is 11.6 Å². The standard InChI is InChI=1S/C30H35ClO11/c1-7-37-24-11-8-21(9-12-24)14-22-15-23(10-13-25(22)31)30(36-6)29(41-20(5)35)28(40-19(4)34)27(39-18(3)33)26(42-30)16-38-17(2)32/h8-13,15,26-29H,7,14,16H2,1-6H3. The first-order valence-electron chi connectivity index (χ1n) is 13.3. The molecule has 12 heteroatoms. The highest BCUT2D eigenvalue weighted by Crippen LogP contribution is 2.44. The van der Waals surface area contributed by atoms with E-state index in [1.807, 2.05) is 31.2 Å². The van der Waals surface area contributed by atoms with Crippen LogP contribution < -0.4 is 4.74 Å². The molecule has 5 unspecified atom stereocenters. The number of carbonyl (C=O) groups excluding carboxylic acids is 4. The highest BCUT2D eigenvalue weighted by atomic mass is 35.5. The van der Waals surface area contributed by atoms with Gasteiger partial charge in [-0.05, 0) is 48.7 Å². The minimum atomic E-state index is -1.91. The Hall–Kier alpha value is -3.67. The molecule has 3 rings (SSSR count). The smallest absolute Gasteiger partial charge is 0.303 e. The molecule has 0 bridgehead atoms. The van der Waals surface area contributed by atoms with E-state index in [1.54, 1.807) is 18.2 Å². The van der Waals surface area contributed by atoms with Gasteiger partial charge in [0.15, 0.2) is 12.2 Å². The number of benzene rings is 2. The first-order chi connectivity index (χ1) is 19.9. The fourth-order valence-corrected chi connectivity index (χ4v) is 4.98. The van der Waals surface area contributed by atoms with E-state index in [0.29, 0.717) is 29.2 Å². The summed E-state index contributed by atoms with van der Waals surface area (Å²) in [5.41, 5.74) is 1.97. The van der Waals surface area contributed by atoms with E-state index < -0.39 is 60.7 Å². The Morgan fingerprint density at radius 3 is 2.02 bits per heavy atom. The van der Waals surface area contributed by atoms with Crippen molar-refractivity contribution >= 4 is 35.5 Å². The van der Waals surface area contributed by atoms with E-state index in [9.17, 15) is 19.2 Å². The van der Waals surface area contributed by atoms with Crippen molar-refractivity contribution in [1.29, 1.82) is 0 Å². The molecule has 0 saturated carbocycles.